The molecule has 20 nitrogen and oxygen atoms in total. The second-order valence-electron chi connectivity index (χ2n) is 9.40. The van der Waals surface area contributed by atoms with Crippen molar-refractivity contribution >= 4 is 52.2 Å². The maximum Gasteiger partial charge on any atom is 0.481 e. The van der Waals surface area contributed by atoms with Crippen LogP contribution in [0.3, 0.4) is 0 Å². The fraction of sp³-hybridized carbons (Fsp3) is 0.833. The highest BCUT2D eigenvalue weighted by Gasteiger charge is 2.48. The van der Waals surface area contributed by atoms with Gasteiger partial charge in [0.2, 0.25) is 11.8 Å². The van der Waals surface area contributed by atoms with Crippen LogP contribution in [0.2, 0.25) is 0 Å². The molecule has 0 aromatic carbocycles. The van der Waals surface area contributed by atoms with Gasteiger partial charge in [-0.2, -0.15) is 4.31 Å². The van der Waals surface area contributed by atoms with Gasteiger partial charge in [0.05, 0.1) is 13.2 Å². The first-order valence-corrected chi connectivity index (χ1v) is 17.4. The van der Waals surface area contributed by atoms with Crippen LogP contribution < -0.4 is 16.4 Å². The highest BCUT2D eigenvalue weighted by atomic mass is 32.2. The number of ether oxygens (including phenoxy) is 1. The van der Waals surface area contributed by atoms with Gasteiger partial charge in [-0.15, -0.1) is 0 Å². The number of carbonyl (C=O) groups is 3. The lowest BCUT2D eigenvalue weighted by Gasteiger charge is -2.30. The van der Waals surface area contributed by atoms with Gasteiger partial charge in [-0.25, -0.2) is 13.7 Å². The highest BCUT2D eigenvalue weighted by Crippen LogP contribution is 2.61. The molecule has 1 fully saturated rings. The van der Waals surface area contributed by atoms with Gasteiger partial charge in [0.15, 0.2) is 5.12 Å². The Labute approximate surface area is 244 Å². The first-order valence-electron chi connectivity index (χ1n) is 11.9. The number of nitrogens with one attached hydrogen (secondary N) is 2. The van der Waals surface area contributed by atoms with E-state index in [-0.39, 0.29) is 24.6 Å². The predicted molar refractivity (Wildman–Crippen MR) is 142 cm³/mol. The van der Waals surface area contributed by atoms with Crippen LogP contribution in [0, 0.1) is 5.41 Å². The van der Waals surface area contributed by atoms with Gasteiger partial charge in [-0.3, -0.25) is 28.0 Å². The molecule has 0 saturated carbocycles. The summed E-state index contributed by atoms with van der Waals surface area (Å²) in [6.45, 7) is 2.03. The summed E-state index contributed by atoms with van der Waals surface area (Å²) in [6, 6.07) is 0. The molecule has 1 aliphatic heterocycles. The third-order valence-electron chi connectivity index (χ3n) is 5.21. The topological polar surface area (TPSA) is 320 Å². The van der Waals surface area contributed by atoms with Crippen LogP contribution >= 0.6 is 35.2 Å². The number of rotatable bonds is 18. The number of phosphoric ester groups is 3. The number of hydrogen-bond acceptors (Lipinski definition) is 15. The zero-order chi connectivity index (χ0) is 32.5. The average molecular weight is 691 g/mol. The predicted octanol–water partition coefficient (Wildman–Crippen LogP) is -1.95. The summed E-state index contributed by atoms with van der Waals surface area (Å²) < 4.78 is 58.1. The summed E-state index contributed by atoms with van der Waals surface area (Å²) in [7, 11) is -16.0. The van der Waals surface area contributed by atoms with Gasteiger partial charge >= 0.3 is 23.5 Å². The first-order chi connectivity index (χ1) is 19.1. The Morgan fingerprint density at radius 3 is 2.21 bits per heavy atom. The molecule has 1 aliphatic rings. The Hall–Kier alpha value is -0.830. The lowest BCUT2D eigenvalue weighted by atomic mass is 9.87. The van der Waals surface area contributed by atoms with Crippen LogP contribution in [0.15, 0.2) is 0 Å². The van der Waals surface area contributed by atoms with Crippen LogP contribution in [0.1, 0.15) is 27.2 Å². The third-order valence-corrected chi connectivity index (χ3v) is 9.12. The van der Waals surface area contributed by atoms with Crippen molar-refractivity contribution in [1.82, 2.24) is 10.6 Å². The van der Waals surface area contributed by atoms with Gasteiger partial charge in [-0.1, -0.05) is 25.6 Å². The molecule has 1 saturated heterocycles. The Bertz CT molecular complexity index is 1090. The molecule has 42 heavy (non-hydrogen) atoms. The van der Waals surface area contributed by atoms with E-state index in [1.165, 1.54) is 20.8 Å². The van der Waals surface area contributed by atoms with Gasteiger partial charge in [-0.05, 0) is 0 Å². The minimum absolute atomic E-state index is 0.103. The van der Waals surface area contributed by atoms with E-state index in [0.29, 0.717) is 5.75 Å². The van der Waals surface area contributed by atoms with E-state index in [1.54, 1.807) is 0 Å². The fourth-order valence-electron chi connectivity index (χ4n) is 3.09. The number of hydrogen-bond donors (Lipinski definition) is 9. The number of amides is 2. The van der Waals surface area contributed by atoms with Crippen molar-refractivity contribution in [2.45, 2.75) is 57.8 Å². The van der Waals surface area contributed by atoms with Crippen molar-refractivity contribution in [3.05, 3.63) is 0 Å². The van der Waals surface area contributed by atoms with Crippen molar-refractivity contribution in [3.8, 4) is 0 Å². The highest BCUT2D eigenvalue weighted by molar-refractivity contribution is 8.13. The molecule has 7 atom stereocenters. The Morgan fingerprint density at radius 2 is 1.64 bits per heavy atom. The smallest absolute Gasteiger partial charge is 0.386 e. The first kappa shape index (κ1) is 39.2. The van der Waals surface area contributed by atoms with Gasteiger partial charge in [0, 0.05) is 37.6 Å². The lowest BCUT2D eigenvalue weighted by molar-refractivity contribution is -0.137. The maximum atomic E-state index is 12.3. The van der Waals surface area contributed by atoms with Crippen LogP contribution in [0.4, 0.5) is 0 Å². The van der Waals surface area contributed by atoms with Crippen molar-refractivity contribution in [1.29, 1.82) is 0 Å². The monoisotopic (exact) mass is 691 g/mol. The Morgan fingerprint density at radius 1 is 1.05 bits per heavy atom. The van der Waals surface area contributed by atoms with E-state index in [4.69, 9.17) is 20.3 Å². The Kier molecular flexibility index (Phi) is 15.4. The summed E-state index contributed by atoms with van der Waals surface area (Å²) in [4.78, 5) is 72.5. The molecule has 0 radical (unpaired) electrons. The third kappa shape index (κ3) is 14.8. The minimum atomic E-state index is -5.44. The van der Waals surface area contributed by atoms with Crippen LogP contribution in [-0.4, -0.2) is 109 Å². The molecule has 24 heteroatoms. The standard InChI is InChI=1S/C18H36N3O17P3S/c1-10(22)42-7-6-20-12(23)4-5-21-17(26)15(25)18(2,3)9-35-41(32,33)38-40(30,31)34-8-11-14(37-39(27,28)29)13(24)16(19)36-11/h11,13-16,24-25H,4-9,19H2,1-3H3,(H,20,23)(H,21,26)(H,30,31)(H,32,33)(H2,27,28,29)/t11-,13-,14-,15+,16-/m1/s1. The molecule has 0 aromatic rings. The SMILES string of the molecule is CC(=O)SCCNC(=O)CCNC(=O)[C@H](O)C(C)(C)COP(=O)(O)OP(=O)(O)OC[C@H]1O[C@@H](N)[C@H](O)[C@@H]1OP(=O)(O)O. The second kappa shape index (κ2) is 16.5. The summed E-state index contributed by atoms with van der Waals surface area (Å²) >= 11 is 1.03. The van der Waals surface area contributed by atoms with E-state index in [2.05, 4.69) is 28.5 Å². The van der Waals surface area contributed by atoms with E-state index in [9.17, 15) is 48.1 Å². The average Bonchev–Trinajstić information content (AvgIpc) is 3.09. The van der Waals surface area contributed by atoms with Crippen LogP contribution in [-0.2, 0) is 50.7 Å². The van der Waals surface area contributed by atoms with E-state index in [0.717, 1.165) is 11.8 Å². The van der Waals surface area contributed by atoms with E-state index >= 15 is 0 Å². The van der Waals surface area contributed by atoms with E-state index in [1.807, 2.05) is 0 Å². The zero-order valence-corrected chi connectivity index (χ0v) is 26.1. The van der Waals surface area contributed by atoms with Gasteiger partial charge in [0.1, 0.15) is 30.6 Å². The number of aliphatic hydroxyl groups is 2. The molecule has 0 aliphatic carbocycles. The zero-order valence-electron chi connectivity index (χ0n) is 22.6. The molecular formula is C18H36N3O17P3S. The van der Waals surface area contributed by atoms with Crippen molar-refractivity contribution in [2.75, 3.05) is 32.1 Å². The molecule has 0 bridgehead atoms. The lowest BCUT2D eigenvalue weighted by Crippen LogP contribution is -2.46. The minimum Gasteiger partial charge on any atom is -0.386 e. The second-order valence-corrected chi connectivity index (χ2v) is 14.9. The van der Waals surface area contributed by atoms with Gasteiger partial charge in [0.25, 0.3) is 0 Å². The molecule has 2 unspecified atom stereocenters. The molecule has 246 valence electrons. The summed E-state index contributed by atoms with van der Waals surface area (Å²) in [5.41, 5.74) is 3.84. The number of carbonyl (C=O) groups excluding carboxylic acids is 3. The largest absolute Gasteiger partial charge is 0.481 e. The summed E-state index contributed by atoms with van der Waals surface area (Å²) in [5.74, 6) is -1.01. The Balaban J connectivity index is 2.57. The molecule has 10 N–H and O–H groups in total. The quantitative estimate of drug-likeness (QED) is 0.0557. The molecular weight excluding hydrogens is 655 g/mol. The number of nitrogens with two attached hydrogens (primary N) is 1. The molecule has 2 amide bonds. The van der Waals surface area contributed by atoms with Crippen LogP contribution in [0.5, 0.6) is 0 Å². The van der Waals surface area contributed by atoms with Crippen LogP contribution in [0.25, 0.3) is 0 Å². The summed E-state index contributed by atoms with van der Waals surface area (Å²) in [5, 5.41) is 24.9. The molecule has 1 rings (SSSR count). The number of aliphatic hydroxyl groups excluding tert-OH is 2. The van der Waals surface area contributed by atoms with Crippen molar-refractivity contribution < 1.29 is 80.5 Å². The summed E-state index contributed by atoms with van der Waals surface area (Å²) in [6.07, 6.45) is -8.71. The molecule has 1 heterocycles. The van der Waals surface area contributed by atoms with Gasteiger partial charge < -0.3 is 50.9 Å². The fourth-order valence-corrected chi connectivity index (χ4v) is 6.41. The normalized spacial score (nSPS) is 24.8. The number of thioether (sulfide) groups is 1. The molecule has 0 spiro atoms. The van der Waals surface area contributed by atoms with Crippen molar-refractivity contribution in [3.63, 3.8) is 0 Å². The van der Waals surface area contributed by atoms with Crippen molar-refractivity contribution in [2.24, 2.45) is 11.1 Å². The van der Waals surface area contributed by atoms with E-state index < -0.39 is 84.6 Å². The number of phosphoric acid groups is 3. The maximum absolute atomic E-state index is 12.3. The molecule has 0 aromatic heterocycles.